The Balaban J connectivity index is 2.13. The first-order chi connectivity index (χ1) is 5.33. The Hall–Kier alpha value is 1.38. The molecule has 1 fully saturated rings. The van der Waals surface area contributed by atoms with Crippen molar-refractivity contribution < 1.29 is 17.2 Å². The van der Waals surface area contributed by atoms with Gasteiger partial charge in [-0.15, -0.1) is 0 Å². The van der Waals surface area contributed by atoms with Crippen LogP contribution in [-0.4, -0.2) is 29.0 Å². The molecule has 1 aliphatic rings. The van der Waals surface area contributed by atoms with Crippen LogP contribution in [0.4, 0.5) is 0 Å². The third-order valence-electron chi connectivity index (χ3n) is 1.82. The summed E-state index contributed by atoms with van der Waals surface area (Å²) in [5, 5.41) is 3.44. The van der Waals surface area contributed by atoms with Crippen LogP contribution in [0.1, 0.15) is 12.8 Å². The predicted octanol–water partition coefficient (Wildman–Crippen LogP) is -1.99. The first-order valence-corrected chi connectivity index (χ1v) is 15.6. The van der Waals surface area contributed by atoms with E-state index in [0.29, 0.717) is 17.2 Å². The monoisotopic (exact) mass is 383 g/mol. The van der Waals surface area contributed by atoms with Crippen LogP contribution >= 0.6 is 16.1 Å². The molecule has 0 aromatic carbocycles. The minimum atomic E-state index is -0.591. The Morgan fingerprint density at radius 2 is 2.45 bits per heavy atom. The Morgan fingerprint density at radius 1 is 1.64 bits per heavy atom. The molecule has 0 bridgehead atoms. The molecule has 1 aliphatic heterocycles. The van der Waals surface area contributed by atoms with Crippen LogP contribution in [0.15, 0.2) is 0 Å². The number of rotatable bonds is 3. The average molecular weight is 383 g/mol. The fraction of sp³-hybridized carbons (Fsp3) is 1.00. The van der Waals surface area contributed by atoms with Gasteiger partial charge < -0.3 is 0 Å². The molecular formula is C7H17I2N2-. The van der Waals surface area contributed by atoms with E-state index in [1.54, 1.807) is 0 Å². The van der Waals surface area contributed by atoms with Crippen LogP contribution in [0.2, 0.25) is 0 Å². The summed E-state index contributed by atoms with van der Waals surface area (Å²) in [5.74, 6) is 0. The summed E-state index contributed by atoms with van der Waals surface area (Å²) in [5.41, 5.74) is 0. The SMILES string of the molecule is C[I-]I(C)NC1CCCNC1. The summed E-state index contributed by atoms with van der Waals surface area (Å²) in [4.78, 5) is 4.87. The Bertz CT molecular complexity index is 105. The van der Waals surface area contributed by atoms with Crippen molar-refractivity contribution in [2.75, 3.05) is 23.0 Å². The van der Waals surface area contributed by atoms with E-state index in [1.807, 2.05) is 0 Å². The molecule has 0 radical (unpaired) electrons. The molecule has 11 heavy (non-hydrogen) atoms. The van der Waals surface area contributed by atoms with Gasteiger partial charge >= 0.3 is 84.0 Å². The summed E-state index contributed by atoms with van der Waals surface area (Å²) >= 11 is -0.0559. The summed E-state index contributed by atoms with van der Waals surface area (Å²) in [6, 6.07) is 0.818. The fourth-order valence-corrected chi connectivity index (χ4v) is 6.99. The maximum atomic E-state index is 3.81. The number of hydrogen-bond donors (Lipinski definition) is 2. The van der Waals surface area contributed by atoms with Gasteiger partial charge in [-0.05, 0) is 0 Å². The zero-order chi connectivity index (χ0) is 8.10. The standard InChI is InChI=1S/C7H17I2N2/c1-8-9(2)11-7-4-3-5-10-6-7/h7,10-11H,3-6H2,1-2H3/q-1. The molecule has 1 saturated heterocycles. The molecule has 0 aromatic rings. The van der Waals surface area contributed by atoms with Gasteiger partial charge in [-0.25, -0.2) is 0 Å². The van der Waals surface area contributed by atoms with Crippen molar-refractivity contribution in [3.63, 3.8) is 0 Å². The van der Waals surface area contributed by atoms with Gasteiger partial charge in [-0.2, -0.15) is 0 Å². The van der Waals surface area contributed by atoms with Gasteiger partial charge in [-0.3, -0.25) is 0 Å². The molecule has 2 nitrogen and oxygen atoms in total. The van der Waals surface area contributed by atoms with E-state index in [-0.39, 0.29) is 0 Å². The maximum absolute atomic E-state index is 3.81. The molecule has 1 unspecified atom stereocenters. The van der Waals surface area contributed by atoms with Gasteiger partial charge in [-0.1, -0.05) is 0 Å². The molecule has 0 spiro atoms. The number of nitrogens with one attached hydrogen (secondary N) is 2. The van der Waals surface area contributed by atoms with Crippen molar-refractivity contribution in [3.8, 4) is 0 Å². The molecule has 1 atom stereocenters. The number of alkyl halides is 2. The Labute approximate surface area is 83.3 Å². The average Bonchev–Trinajstić information content (AvgIpc) is 2.06. The Kier molecular flexibility index (Phi) is 5.64. The van der Waals surface area contributed by atoms with Crippen molar-refractivity contribution in [1.82, 2.24) is 8.85 Å². The van der Waals surface area contributed by atoms with Crippen LogP contribution < -0.4 is 26.1 Å². The van der Waals surface area contributed by atoms with Crippen molar-refractivity contribution in [2.24, 2.45) is 0 Å². The zero-order valence-electron chi connectivity index (χ0n) is 7.16. The van der Waals surface area contributed by atoms with E-state index in [4.69, 9.17) is 0 Å². The van der Waals surface area contributed by atoms with Gasteiger partial charge in [0.25, 0.3) is 0 Å². The van der Waals surface area contributed by atoms with Crippen LogP contribution in [0.3, 0.4) is 0 Å². The molecule has 0 aliphatic carbocycles. The van der Waals surface area contributed by atoms with Gasteiger partial charge in [0.05, 0.1) is 0 Å². The van der Waals surface area contributed by atoms with Crippen LogP contribution in [0.25, 0.3) is 0 Å². The molecule has 1 rings (SSSR count). The second-order valence-corrected chi connectivity index (χ2v) is 20.1. The van der Waals surface area contributed by atoms with Crippen molar-refractivity contribution >= 4 is 16.1 Å². The summed E-state index contributed by atoms with van der Waals surface area (Å²) < 4.78 is 3.81. The van der Waals surface area contributed by atoms with Gasteiger partial charge in [0, 0.05) is 0 Å². The first-order valence-electron chi connectivity index (χ1n) is 3.90. The fourth-order valence-electron chi connectivity index (χ4n) is 1.20. The van der Waals surface area contributed by atoms with Gasteiger partial charge in [0.2, 0.25) is 0 Å². The molecule has 4 heteroatoms. The molecule has 0 saturated carbocycles. The number of halogens is 2. The van der Waals surface area contributed by atoms with E-state index in [9.17, 15) is 0 Å². The third-order valence-corrected chi connectivity index (χ3v) is 14.6. The number of piperidine rings is 1. The minimum absolute atomic E-state index is 0.535. The summed E-state index contributed by atoms with van der Waals surface area (Å²) in [7, 11) is 0. The first kappa shape index (κ1) is 10.5. The topological polar surface area (TPSA) is 24.1 Å². The van der Waals surface area contributed by atoms with Crippen LogP contribution in [0.5, 0.6) is 0 Å². The van der Waals surface area contributed by atoms with E-state index in [0.717, 1.165) is 6.04 Å². The van der Waals surface area contributed by atoms with Crippen molar-refractivity contribution in [3.05, 3.63) is 0 Å². The number of hydrogen-bond acceptors (Lipinski definition) is 2. The van der Waals surface area contributed by atoms with E-state index in [1.165, 1.54) is 25.9 Å². The second kappa shape index (κ2) is 5.93. The molecule has 70 valence electrons. The quantitative estimate of drug-likeness (QED) is 0.335. The second-order valence-electron chi connectivity index (χ2n) is 2.70. The summed E-state index contributed by atoms with van der Waals surface area (Å²) in [6.45, 7) is 2.45. The summed E-state index contributed by atoms with van der Waals surface area (Å²) in [6.07, 6.45) is 2.77. The van der Waals surface area contributed by atoms with Crippen LogP contribution in [-0.2, 0) is 0 Å². The predicted molar refractivity (Wildman–Crippen MR) is 54.9 cm³/mol. The van der Waals surface area contributed by atoms with Crippen LogP contribution in [0, 0.1) is 0 Å². The molecule has 2 N–H and O–H groups in total. The van der Waals surface area contributed by atoms with E-state index >= 15 is 0 Å². The normalized spacial score (nSPS) is 27.1. The molecule has 0 amide bonds. The molecular weight excluding hydrogens is 366 g/mol. The molecule has 0 aromatic heterocycles. The van der Waals surface area contributed by atoms with Crippen molar-refractivity contribution in [1.29, 1.82) is 0 Å². The molecule has 1 heterocycles. The van der Waals surface area contributed by atoms with Gasteiger partial charge in [0.15, 0.2) is 0 Å². The van der Waals surface area contributed by atoms with E-state index < -0.39 is 16.1 Å². The van der Waals surface area contributed by atoms with Gasteiger partial charge in [0.1, 0.15) is 0 Å². The Morgan fingerprint density at radius 3 is 3.00 bits per heavy atom. The van der Waals surface area contributed by atoms with Crippen molar-refractivity contribution in [2.45, 2.75) is 18.9 Å². The zero-order valence-corrected chi connectivity index (χ0v) is 11.5. The van der Waals surface area contributed by atoms with E-state index in [2.05, 4.69) is 18.7 Å². The third kappa shape index (κ3) is 4.23.